The first-order chi connectivity index (χ1) is 8.07. The minimum atomic E-state index is -0.872. The Morgan fingerprint density at radius 1 is 1.41 bits per heavy atom. The second kappa shape index (κ2) is 4.56. The summed E-state index contributed by atoms with van der Waals surface area (Å²) in [4.78, 5) is 12.0. The van der Waals surface area contributed by atoms with Crippen molar-refractivity contribution in [2.75, 3.05) is 5.32 Å². The number of anilines is 1. The van der Waals surface area contributed by atoms with Crippen molar-refractivity contribution in [1.82, 2.24) is 0 Å². The fourth-order valence-corrected chi connectivity index (χ4v) is 2.21. The second-order valence-electron chi connectivity index (χ2n) is 4.13. The van der Waals surface area contributed by atoms with Gasteiger partial charge in [0.25, 0.3) is 0 Å². The molecule has 0 radical (unpaired) electrons. The molecule has 5 heteroatoms. The molecule has 0 aromatic heterocycles. The topological polar surface area (TPSA) is 52.9 Å². The number of amides is 1. The van der Waals surface area contributed by atoms with Crippen LogP contribution in [0.25, 0.3) is 0 Å². The Morgan fingerprint density at radius 3 is 2.59 bits per heavy atom. The average molecular weight is 269 g/mol. The molecule has 1 saturated carbocycles. The summed E-state index contributed by atoms with van der Waals surface area (Å²) in [5.74, 6) is -0.282. The summed E-state index contributed by atoms with van der Waals surface area (Å²) < 4.78 is 0. The van der Waals surface area contributed by atoms with E-state index < -0.39 is 5.41 Å². The van der Waals surface area contributed by atoms with E-state index in [2.05, 4.69) is 11.4 Å². The third-order valence-corrected chi connectivity index (χ3v) is 3.58. The molecule has 0 saturated heterocycles. The molecule has 0 atom stereocenters. The van der Waals surface area contributed by atoms with Crippen LogP contribution >= 0.6 is 23.2 Å². The van der Waals surface area contributed by atoms with Crippen molar-refractivity contribution in [2.24, 2.45) is 5.41 Å². The van der Waals surface area contributed by atoms with Gasteiger partial charge in [0.05, 0.1) is 16.8 Å². The molecular formula is C12H10Cl2N2O. The highest BCUT2D eigenvalue weighted by Crippen LogP contribution is 2.41. The average Bonchev–Trinajstić information content (AvgIpc) is 2.21. The normalized spacial score (nSPS) is 16.8. The number of halogens is 2. The van der Waals surface area contributed by atoms with Crippen molar-refractivity contribution in [1.29, 1.82) is 5.26 Å². The minimum absolute atomic E-state index is 0.282. The van der Waals surface area contributed by atoms with Gasteiger partial charge in [-0.3, -0.25) is 4.79 Å². The van der Waals surface area contributed by atoms with Crippen molar-refractivity contribution in [3.8, 4) is 6.07 Å². The van der Waals surface area contributed by atoms with Crippen LogP contribution in [0.1, 0.15) is 19.3 Å². The summed E-state index contributed by atoms with van der Waals surface area (Å²) >= 11 is 11.7. The number of hydrogen-bond acceptors (Lipinski definition) is 2. The molecule has 88 valence electrons. The molecule has 17 heavy (non-hydrogen) atoms. The molecule has 1 N–H and O–H groups in total. The highest BCUT2D eigenvalue weighted by atomic mass is 35.5. The molecule has 0 heterocycles. The first-order valence-corrected chi connectivity index (χ1v) is 6.01. The number of nitrogens with zero attached hydrogens (tertiary/aromatic N) is 1. The van der Waals surface area contributed by atoms with Gasteiger partial charge in [0.15, 0.2) is 0 Å². The lowest BCUT2D eigenvalue weighted by atomic mass is 9.69. The molecule has 0 bridgehead atoms. The van der Waals surface area contributed by atoms with Crippen LogP contribution in [0.5, 0.6) is 0 Å². The number of nitriles is 1. The zero-order chi connectivity index (χ0) is 12.5. The molecule has 0 aliphatic heterocycles. The van der Waals surface area contributed by atoms with Crippen LogP contribution in [0.2, 0.25) is 10.0 Å². The van der Waals surface area contributed by atoms with E-state index in [4.69, 9.17) is 28.5 Å². The first kappa shape index (κ1) is 12.2. The largest absolute Gasteiger partial charge is 0.323 e. The van der Waals surface area contributed by atoms with E-state index in [1.165, 1.54) is 0 Å². The van der Waals surface area contributed by atoms with E-state index in [1.54, 1.807) is 18.2 Å². The molecule has 1 fully saturated rings. The summed E-state index contributed by atoms with van der Waals surface area (Å²) in [7, 11) is 0. The summed E-state index contributed by atoms with van der Waals surface area (Å²) in [6, 6.07) is 6.91. The lowest BCUT2D eigenvalue weighted by Gasteiger charge is -2.33. The first-order valence-electron chi connectivity index (χ1n) is 5.25. The molecule has 1 aromatic rings. The van der Waals surface area contributed by atoms with Gasteiger partial charge in [-0.25, -0.2) is 0 Å². The Bertz CT molecular complexity index is 504. The zero-order valence-corrected chi connectivity index (χ0v) is 10.5. The van der Waals surface area contributed by atoms with Gasteiger partial charge in [-0.15, -0.1) is 0 Å². The Balaban J connectivity index is 2.16. The summed E-state index contributed by atoms with van der Waals surface area (Å²) in [6.45, 7) is 0. The van der Waals surface area contributed by atoms with Crippen molar-refractivity contribution in [3.63, 3.8) is 0 Å². The highest BCUT2D eigenvalue weighted by molar-refractivity contribution is 6.36. The minimum Gasteiger partial charge on any atom is -0.323 e. The molecule has 1 aromatic carbocycles. The molecule has 2 rings (SSSR count). The van der Waals surface area contributed by atoms with Gasteiger partial charge in [0.1, 0.15) is 5.41 Å². The summed E-state index contributed by atoms with van der Waals surface area (Å²) in [5, 5.41) is 12.6. The zero-order valence-electron chi connectivity index (χ0n) is 8.96. The van der Waals surface area contributed by atoms with Crippen molar-refractivity contribution >= 4 is 34.8 Å². The standard InChI is InChI=1S/C12H10Cl2N2O/c13-8-2-3-10(9(14)6-8)16-11(17)12(7-15)4-1-5-12/h2-3,6H,1,4-5H2,(H,16,17). The quantitative estimate of drug-likeness (QED) is 0.891. The number of carbonyl (C=O) groups excluding carboxylic acids is 1. The van der Waals surface area contributed by atoms with E-state index in [0.717, 1.165) is 6.42 Å². The molecule has 0 unspecified atom stereocenters. The predicted octanol–water partition coefficient (Wildman–Crippen LogP) is 3.63. The Kier molecular flexibility index (Phi) is 3.28. The van der Waals surface area contributed by atoms with Crippen molar-refractivity contribution in [2.45, 2.75) is 19.3 Å². The van der Waals surface area contributed by atoms with Gasteiger partial charge in [0.2, 0.25) is 5.91 Å². The monoisotopic (exact) mass is 268 g/mol. The highest BCUT2D eigenvalue weighted by Gasteiger charge is 2.44. The third kappa shape index (κ3) is 2.24. The van der Waals surface area contributed by atoms with Gasteiger partial charge in [-0.2, -0.15) is 5.26 Å². The Labute approximate surface area is 109 Å². The lowest BCUT2D eigenvalue weighted by molar-refractivity contribution is -0.126. The third-order valence-electron chi connectivity index (χ3n) is 3.04. The smallest absolute Gasteiger partial charge is 0.244 e. The Hall–Kier alpha value is -1.24. The van der Waals surface area contributed by atoms with E-state index in [-0.39, 0.29) is 5.91 Å². The van der Waals surface area contributed by atoms with Gasteiger partial charge in [-0.05, 0) is 37.5 Å². The Morgan fingerprint density at radius 2 is 2.12 bits per heavy atom. The van der Waals surface area contributed by atoms with E-state index >= 15 is 0 Å². The number of nitrogens with one attached hydrogen (secondary N) is 1. The molecule has 0 spiro atoms. The van der Waals surface area contributed by atoms with E-state index in [0.29, 0.717) is 28.6 Å². The van der Waals surface area contributed by atoms with Gasteiger partial charge in [0, 0.05) is 5.02 Å². The van der Waals surface area contributed by atoms with Crippen LogP contribution in [0.4, 0.5) is 5.69 Å². The number of carbonyl (C=O) groups is 1. The number of benzene rings is 1. The van der Waals surface area contributed by atoms with E-state index in [1.807, 2.05) is 0 Å². The SMILES string of the molecule is N#CC1(C(=O)Nc2ccc(Cl)cc2Cl)CCC1. The van der Waals surface area contributed by atoms with Crippen LogP contribution in [-0.2, 0) is 4.79 Å². The number of hydrogen-bond donors (Lipinski definition) is 1. The van der Waals surface area contributed by atoms with Gasteiger partial charge < -0.3 is 5.32 Å². The fourth-order valence-electron chi connectivity index (χ4n) is 1.75. The molecule has 1 aliphatic carbocycles. The molecular weight excluding hydrogens is 259 g/mol. The maximum Gasteiger partial charge on any atom is 0.244 e. The summed E-state index contributed by atoms with van der Waals surface area (Å²) in [6.07, 6.45) is 2.14. The van der Waals surface area contributed by atoms with Crippen molar-refractivity contribution < 1.29 is 4.79 Å². The fraction of sp³-hybridized carbons (Fsp3) is 0.333. The van der Waals surface area contributed by atoms with Crippen molar-refractivity contribution in [3.05, 3.63) is 28.2 Å². The lowest BCUT2D eigenvalue weighted by Crippen LogP contribution is -2.40. The molecule has 3 nitrogen and oxygen atoms in total. The molecule has 1 amide bonds. The van der Waals surface area contributed by atoms with Crippen LogP contribution in [0.3, 0.4) is 0 Å². The van der Waals surface area contributed by atoms with Crippen LogP contribution in [0, 0.1) is 16.7 Å². The molecule has 1 aliphatic rings. The predicted molar refractivity (Wildman–Crippen MR) is 67.0 cm³/mol. The van der Waals surface area contributed by atoms with Gasteiger partial charge in [-0.1, -0.05) is 23.2 Å². The summed E-state index contributed by atoms with van der Waals surface area (Å²) in [5.41, 5.74) is -0.384. The van der Waals surface area contributed by atoms with Gasteiger partial charge >= 0.3 is 0 Å². The van der Waals surface area contributed by atoms with Crippen LogP contribution in [0.15, 0.2) is 18.2 Å². The van der Waals surface area contributed by atoms with E-state index in [9.17, 15) is 4.79 Å². The second-order valence-corrected chi connectivity index (χ2v) is 4.97. The maximum atomic E-state index is 12.0. The number of rotatable bonds is 2. The maximum absolute atomic E-state index is 12.0. The van der Waals surface area contributed by atoms with Crippen LogP contribution < -0.4 is 5.32 Å². The van der Waals surface area contributed by atoms with Crippen LogP contribution in [-0.4, -0.2) is 5.91 Å².